The highest BCUT2D eigenvalue weighted by Gasteiger charge is 2.29. The maximum atomic E-state index is 6.34. The molecular formula is C17H27ClN2O. The van der Waals surface area contributed by atoms with E-state index in [0.717, 1.165) is 12.3 Å². The van der Waals surface area contributed by atoms with Crippen LogP contribution < -0.4 is 10.5 Å². The van der Waals surface area contributed by atoms with Crippen LogP contribution in [0.4, 0.5) is 0 Å². The second kappa shape index (κ2) is 8.02. The van der Waals surface area contributed by atoms with Crippen molar-refractivity contribution >= 4 is 11.6 Å². The number of hydrogen-bond acceptors (Lipinski definition) is 3. The molecule has 2 N–H and O–H groups in total. The SMILES string of the molecule is CCOc1ccc(C(CN)C2CCCCN2CC)cc1Cl. The van der Waals surface area contributed by atoms with E-state index in [-0.39, 0.29) is 0 Å². The predicted octanol–water partition coefficient (Wildman–Crippen LogP) is 3.66. The number of hydrogen-bond donors (Lipinski definition) is 1. The van der Waals surface area contributed by atoms with E-state index in [4.69, 9.17) is 22.1 Å². The van der Waals surface area contributed by atoms with Gasteiger partial charge in [0.05, 0.1) is 11.6 Å². The zero-order valence-corrected chi connectivity index (χ0v) is 13.9. The van der Waals surface area contributed by atoms with Gasteiger partial charge in [0.25, 0.3) is 0 Å². The zero-order valence-electron chi connectivity index (χ0n) is 13.1. The highest BCUT2D eigenvalue weighted by atomic mass is 35.5. The number of piperidine rings is 1. The van der Waals surface area contributed by atoms with Gasteiger partial charge >= 0.3 is 0 Å². The molecule has 0 aromatic heterocycles. The van der Waals surface area contributed by atoms with Crippen molar-refractivity contribution in [2.24, 2.45) is 5.73 Å². The van der Waals surface area contributed by atoms with Gasteiger partial charge in [-0.2, -0.15) is 0 Å². The second-order valence-corrected chi connectivity index (χ2v) is 6.06. The minimum Gasteiger partial charge on any atom is -0.492 e. The summed E-state index contributed by atoms with van der Waals surface area (Å²) in [6.07, 6.45) is 3.81. The molecule has 1 aromatic rings. The van der Waals surface area contributed by atoms with E-state index in [1.807, 2.05) is 19.1 Å². The molecule has 2 unspecified atom stereocenters. The molecule has 2 atom stereocenters. The van der Waals surface area contributed by atoms with Gasteiger partial charge in [-0.05, 0) is 50.6 Å². The average Bonchev–Trinajstić information content (AvgIpc) is 2.51. The first-order chi connectivity index (χ1) is 10.2. The van der Waals surface area contributed by atoms with Gasteiger partial charge in [-0.15, -0.1) is 0 Å². The van der Waals surface area contributed by atoms with Crippen LogP contribution in [0, 0.1) is 0 Å². The molecule has 0 radical (unpaired) electrons. The van der Waals surface area contributed by atoms with E-state index in [9.17, 15) is 0 Å². The van der Waals surface area contributed by atoms with Gasteiger partial charge in [0.15, 0.2) is 0 Å². The number of ether oxygens (including phenoxy) is 1. The Labute approximate surface area is 133 Å². The fraction of sp³-hybridized carbons (Fsp3) is 0.647. The standard InChI is InChI=1S/C17H27ClN2O/c1-3-20-10-6-5-7-16(20)14(12-19)13-8-9-17(21-4-2)15(18)11-13/h8-9,11,14,16H,3-7,10,12,19H2,1-2H3. The molecule has 1 aromatic carbocycles. The van der Waals surface area contributed by atoms with Crippen molar-refractivity contribution < 1.29 is 4.74 Å². The Kier molecular flexibility index (Phi) is 6.34. The van der Waals surface area contributed by atoms with Crippen LogP contribution in [-0.4, -0.2) is 37.2 Å². The van der Waals surface area contributed by atoms with Crippen molar-refractivity contribution in [1.29, 1.82) is 0 Å². The fourth-order valence-corrected chi connectivity index (χ4v) is 3.64. The maximum absolute atomic E-state index is 6.34. The molecule has 1 fully saturated rings. The van der Waals surface area contributed by atoms with Crippen molar-refractivity contribution in [1.82, 2.24) is 4.90 Å². The molecule has 0 saturated carbocycles. The Morgan fingerprint density at radius 1 is 1.38 bits per heavy atom. The van der Waals surface area contributed by atoms with Crippen LogP contribution in [0.25, 0.3) is 0 Å². The van der Waals surface area contributed by atoms with Crippen molar-refractivity contribution in [2.75, 3.05) is 26.2 Å². The summed E-state index contributed by atoms with van der Waals surface area (Å²) in [6.45, 7) is 7.76. The van der Waals surface area contributed by atoms with Crippen molar-refractivity contribution in [3.63, 3.8) is 0 Å². The minimum absolute atomic E-state index is 0.346. The third-order valence-electron chi connectivity index (χ3n) is 4.47. The van der Waals surface area contributed by atoms with Crippen LogP contribution in [0.1, 0.15) is 44.6 Å². The minimum atomic E-state index is 0.346. The lowest BCUT2D eigenvalue weighted by Crippen LogP contribution is -2.45. The van der Waals surface area contributed by atoms with Crippen LogP contribution in [0.5, 0.6) is 5.75 Å². The van der Waals surface area contributed by atoms with Crippen LogP contribution in [0.2, 0.25) is 5.02 Å². The lowest BCUT2D eigenvalue weighted by atomic mass is 9.85. The quantitative estimate of drug-likeness (QED) is 0.871. The molecular weight excluding hydrogens is 284 g/mol. The number of benzene rings is 1. The Bertz CT molecular complexity index is 452. The third-order valence-corrected chi connectivity index (χ3v) is 4.77. The van der Waals surface area contributed by atoms with E-state index in [1.54, 1.807) is 0 Å². The number of likely N-dealkylation sites (tertiary alicyclic amines) is 1. The van der Waals surface area contributed by atoms with E-state index in [2.05, 4.69) is 17.9 Å². The lowest BCUT2D eigenvalue weighted by Gasteiger charge is -2.40. The van der Waals surface area contributed by atoms with Crippen molar-refractivity contribution in [2.45, 2.75) is 45.1 Å². The Morgan fingerprint density at radius 2 is 2.19 bits per heavy atom. The van der Waals surface area contributed by atoms with Gasteiger partial charge in [0.2, 0.25) is 0 Å². The monoisotopic (exact) mass is 310 g/mol. The van der Waals surface area contributed by atoms with E-state index in [0.29, 0.717) is 30.1 Å². The number of rotatable bonds is 6. The first-order valence-electron chi connectivity index (χ1n) is 8.07. The van der Waals surface area contributed by atoms with E-state index in [1.165, 1.54) is 31.4 Å². The predicted molar refractivity (Wildman–Crippen MR) is 89.3 cm³/mol. The normalized spacial score (nSPS) is 21.2. The smallest absolute Gasteiger partial charge is 0.137 e. The molecule has 0 spiro atoms. The zero-order chi connectivity index (χ0) is 15.2. The van der Waals surface area contributed by atoms with Crippen LogP contribution >= 0.6 is 11.6 Å². The van der Waals surface area contributed by atoms with Gasteiger partial charge < -0.3 is 15.4 Å². The molecule has 1 aliphatic heterocycles. The highest BCUT2D eigenvalue weighted by molar-refractivity contribution is 6.32. The summed E-state index contributed by atoms with van der Waals surface area (Å²) in [7, 11) is 0. The Morgan fingerprint density at radius 3 is 2.81 bits per heavy atom. The largest absolute Gasteiger partial charge is 0.492 e. The van der Waals surface area contributed by atoms with E-state index < -0.39 is 0 Å². The Balaban J connectivity index is 2.21. The molecule has 0 amide bonds. The van der Waals surface area contributed by atoms with Gasteiger partial charge in [0, 0.05) is 18.5 Å². The number of nitrogens with two attached hydrogens (primary N) is 1. The van der Waals surface area contributed by atoms with Gasteiger partial charge in [-0.25, -0.2) is 0 Å². The molecule has 4 heteroatoms. The van der Waals surface area contributed by atoms with Gasteiger partial charge in [0.1, 0.15) is 5.75 Å². The Hall–Kier alpha value is -0.770. The summed E-state index contributed by atoms with van der Waals surface area (Å²) in [5.74, 6) is 1.10. The first kappa shape index (κ1) is 16.6. The average molecular weight is 311 g/mol. The summed E-state index contributed by atoms with van der Waals surface area (Å²) in [6, 6.07) is 6.66. The van der Waals surface area contributed by atoms with Crippen LogP contribution in [0.3, 0.4) is 0 Å². The topological polar surface area (TPSA) is 38.5 Å². The maximum Gasteiger partial charge on any atom is 0.137 e. The second-order valence-electron chi connectivity index (χ2n) is 5.66. The first-order valence-corrected chi connectivity index (χ1v) is 8.45. The van der Waals surface area contributed by atoms with Crippen molar-refractivity contribution in [3.05, 3.63) is 28.8 Å². The molecule has 1 saturated heterocycles. The third kappa shape index (κ3) is 3.91. The number of halogens is 1. The van der Waals surface area contributed by atoms with Gasteiger partial charge in [-0.1, -0.05) is 31.0 Å². The van der Waals surface area contributed by atoms with Crippen LogP contribution in [0.15, 0.2) is 18.2 Å². The van der Waals surface area contributed by atoms with Crippen molar-refractivity contribution in [3.8, 4) is 5.75 Å². The molecule has 0 bridgehead atoms. The summed E-state index contributed by atoms with van der Waals surface area (Å²) >= 11 is 6.34. The molecule has 2 rings (SSSR count). The molecule has 3 nitrogen and oxygen atoms in total. The molecule has 21 heavy (non-hydrogen) atoms. The summed E-state index contributed by atoms with van der Waals surface area (Å²) in [4.78, 5) is 2.56. The summed E-state index contributed by atoms with van der Waals surface area (Å²) < 4.78 is 5.52. The lowest BCUT2D eigenvalue weighted by molar-refractivity contribution is 0.134. The fourth-order valence-electron chi connectivity index (χ4n) is 3.40. The molecule has 1 heterocycles. The van der Waals surface area contributed by atoms with Gasteiger partial charge in [-0.3, -0.25) is 0 Å². The molecule has 118 valence electrons. The molecule has 1 aliphatic rings. The number of nitrogens with zero attached hydrogens (tertiary/aromatic N) is 1. The molecule has 0 aliphatic carbocycles. The summed E-state index contributed by atoms with van der Waals surface area (Å²) in [5.41, 5.74) is 7.33. The number of likely N-dealkylation sites (N-methyl/N-ethyl adjacent to an activating group) is 1. The summed E-state index contributed by atoms with van der Waals surface area (Å²) in [5, 5.41) is 0.687. The van der Waals surface area contributed by atoms with Crippen LogP contribution in [-0.2, 0) is 0 Å². The highest BCUT2D eigenvalue weighted by Crippen LogP contribution is 2.33. The van der Waals surface area contributed by atoms with E-state index >= 15 is 0 Å².